The van der Waals surface area contributed by atoms with Crippen LogP contribution in [0.4, 0.5) is 5.69 Å². The summed E-state index contributed by atoms with van der Waals surface area (Å²) in [6.45, 7) is 1.95. The van der Waals surface area contributed by atoms with Gasteiger partial charge in [-0.2, -0.15) is 10.1 Å². The third-order valence-electron chi connectivity index (χ3n) is 2.63. The van der Waals surface area contributed by atoms with Crippen LogP contribution in [0.5, 0.6) is 0 Å². The summed E-state index contributed by atoms with van der Waals surface area (Å²) in [4.78, 5) is 27.9. The van der Waals surface area contributed by atoms with Crippen molar-refractivity contribution < 1.29 is 4.79 Å². The molecule has 1 amide bonds. The largest absolute Gasteiger partial charge is 0.321 e. The van der Waals surface area contributed by atoms with Crippen molar-refractivity contribution in [2.45, 2.75) is 6.92 Å². The lowest BCUT2D eigenvalue weighted by molar-refractivity contribution is 0.103. The molecule has 0 unspecified atom stereocenters. The highest BCUT2D eigenvalue weighted by atomic mass is 32.1. The summed E-state index contributed by atoms with van der Waals surface area (Å²) in [5, 5.41) is 6.68. The molecule has 0 fully saturated rings. The monoisotopic (exact) mass is 286 g/mol. The van der Waals surface area contributed by atoms with Gasteiger partial charge in [-0.15, -0.1) is 0 Å². The van der Waals surface area contributed by atoms with Crippen molar-refractivity contribution in [2.24, 2.45) is 0 Å². The fourth-order valence-electron chi connectivity index (χ4n) is 1.75. The predicted molar refractivity (Wildman–Crippen MR) is 76.3 cm³/mol. The van der Waals surface area contributed by atoms with Gasteiger partial charge in [0.15, 0.2) is 0 Å². The van der Waals surface area contributed by atoms with Crippen molar-refractivity contribution in [3.63, 3.8) is 0 Å². The molecule has 0 saturated carbocycles. The van der Waals surface area contributed by atoms with Gasteiger partial charge < -0.3 is 5.32 Å². The molecule has 0 saturated heterocycles. The Morgan fingerprint density at radius 2 is 2.25 bits per heavy atom. The van der Waals surface area contributed by atoms with Crippen LogP contribution in [0.1, 0.15) is 15.2 Å². The van der Waals surface area contributed by atoms with Crippen LogP contribution in [0.15, 0.2) is 41.5 Å². The van der Waals surface area contributed by atoms with Crippen LogP contribution < -0.4 is 10.9 Å². The molecule has 0 atom stereocenters. The Labute approximate surface area is 117 Å². The Morgan fingerprint density at radius 1 is 1.40 bits per heavy atom. The molecule has 2 heterocycles. The Kier molecular flexibility index (Phi) is 3.03. The fraction of sp³-hybridized carbons (Fsp3) is 0.0769. The van der Waals surface area contributed by atoms with E-state index in [9.17, 15) is 9.59 Å². The van der Waals surface area contributed by atoms with Crippen molar-refractivity contribution >= 4 is 27.9 Å². The third kappa shape index (κ3) is 2.43. The van der Waals surface area contributed by atoms with Gasteiger partial charge in [0.1, 0.15) is 11.1 Å². The molecule has 20 heavy (non-hydrogen) atoms. The maximum atomic E-state index is 12.1. The van der Waals surface area contributed by atoms with Crippen LogP contribution in [0.25, 0.3) is 4.96 Å². The number of carbonyl (C=O) groups excluding carboxylic acids is 1. The minimum absolute atomic E-state index is 0.250. The summed E-state index contributed by atoms with van der Waals surface area (Å²) < 4.78 is 1.41. The molecule has 1 aromatic carbocycles. The lowest BCUT2D eigenvalue weighted by atomic mass is 10.2. The highest BCUT2D eigenvalue weighted by molar-refractivity contribution is 7.18. The predicted octanol–water partition coefficient (Wildman–Crippen LogP) is 1.71. The number of aromatic nitrogens is 3. The zero-order valence-electron chi connectivity index (χ0n) is 10.5. The molecule has 3 aromatic rings. The van der Waals surface area contributed by atoms with Crippen molar-refractivity contribution in [2.75, 3.05) is 5.32 Å². The van der Waals surface area contributed by atoms with Gasteiger partial charge in [-0.3, -0.25) is 9.59 Å². The number of anilines is 1. The number of benzene rings is 1. The molecule has 0 spiro atoms. The standard InChI is InChI=1S/C13H10N4O2S/c1-8-3-2-4-9(5-8)15-12(19)10-7-17-13(20-10)16-11(18)6-14-17/h2-7H,1H3,(H,15,19). The minimum Gasteiger partial charge on any atom is -0.321 e. The van der Waals surface area contributed by atoms with Gasteiger partial charge in [-0.25, -0.2) is 4.52 Å². The second kappa shape index (κ2) is 4.86. The number of hydrogen-bond donors (Lipinski definition) is 1. The SMILES string of the molecule is Cc1cccc(NC(=O)c2cn3ncc(=O)nc3s2)c1. The zero-order chi connectivity index (χ0) is 14.1. The van der Waals surface area contributed by atoms with E-state index in [-0.39, 0.29) is 5.91 Å². The molecule has 2 aromatic heterocycles. The first-order valence-electron chi connectivity index (χ1n) is 5.85. The van der Waals surface area contributed by atoms with E-state index in [1.54, 1.807) is 6.20 Å². The maximum absolute atomic E-state index is 12.1. The first-order valence-corrected chi connectivity index (χ1v) is 6.67. The average Bonchev–Trinajstić information content (AvgIpc) is 2.81. The second-order valence-electron chi connectivity index (χ2n) is 4.24. The van der Waals surface area contributed by atoms with E-state index in [2.05, 4.69) is 15.4 Å². The molecule has 1 N–H and O–H groups in total. The van der Waals surface area contributed by atoms with Crippen molar-refractivity contribution in [3.8, 4) is 0 Å². The summed E-state index contributed by atoms with van der Waals surface area (Å²) in [6, 6.07) is 7.52. The molecule has 0 aliphatic rings. The zero-order valence-corrected chi connectivity index (χ0v) is 11.3. The number of nitrogens with zero attached hydrogens (tertiary/aromatic N) is 3. The van der Waals surface area contributed by atoms with E-state index in [0.717, 1.165) is 28.8 Å². The maximum Gasteiger partial charge on any atom is 0.292 e. The number of nitrogens with one attached hydrogen (secondary N) is 1. The van der Waals surface area contributed by atoms with Crippen LogP contribution in [-0.4, -0.2) is 20.5 Å². The van der Waals surface area contributed by atoms with Gasteiger partial charge in [0.2, 0.25) is 4.96 Å². The van der Waals surface area contributed by atoms with Crippen molar-refractivity contribution in [3.05, 3.63) is 57.5 Å². The highest BCUT2D eigenvalue weighted by Gasteiger charge is 2.12. The Bertz CT molecular complexity index is 853. The fourth-order valence-corrected chi connectivity index (χ4v) is 2.57. The van der Waals surface area contributed by atoms with Gasteiger partial charge in [0.25, 0.3) is 11.5 Å². The summed E-state index contributed by atoms with van der Waals surface area (Å²) in [5.74, 6) is -0.250. The number of carbonyl (C=O) groups is 1. The molecule has 0 aliphatic carbocycles. The first-order chi connectivity index (χ1) is 9.61. The summed E-state index contributed by atoms with van der Waals surface area (Å²) >= 11 is 1.12. The number of rotatable bonds is 2. The number of amides is 1. The van der Waals surface area contributed by atoms with Crippen molar-refractivity contribution in [1.29, 1.82) is 0 Å². The minimum atomic E-state index is -0.419. The van der Waals surface area contributed by atoms with Gasteiger partial charge in [-0.1, -0.05) is 23.5 Å². The van der Waals surface area contributed by atoms with E-state index in [1.807, 2.05) is 31.2 Å². The molecule has 0 bridgehead atoms. The van der Waals surface area contributed by atoms with Crippen LogP contribution in [0.3, 0.4) is 0 Å². The Morgan fingerprint density at radius 3 is 3.05 bits per heavy atom. The smallest absolute Gasteiger partial charge is 0.292 e. The highest BCUT2D eigenvalue weighted by Crippen LogP contribution is 2.16. The number of aryl methyl sites for hydroxylation is 1. The van der Waals surface area contributed by atoms with E-state index in [0.29, 0.717) is 9.84 Å². The Balaban J connectivity index is 1.90. The van der Waals surface area contributed by atoms with Crippen molar-refractivity contribution in [1.82, 2.24) is 14.6 Å². The van der Waals surface area contributed by atoms with Gasteiger partial charge in [0, 0.05) is 5.69 Å². The number of thiazole rings is 1. The van der Waals surface area contributed by atoms with E-state index < -0.39 is 5.56 Å². The van der Waals surface area contributed by atoms with Crippen LogP contribution in [0.2, 0.25) is 0 Å². The van der Waals surface area contributed by atoms with E-state index in [1.165, 1.54) is 4.52 Å². The van der Waals surface area contributed by atoms with E-state index in [4.69, 9.17) is 0 Å². The summed E-state index contributed by atoms with van der Waals surface area (Å²) in [5.41, 5.74) is 1.37. The molecule has 0 aliphatic heterocycles. The first kappa shape index (κ1) is 12.5. The van der Waals surface area contributed by atoms with Crippen LogP contribution in [0, 0.1) is 6.92 Å². The summed E-state index contributed by atoms with van der Waals surface area (Å²) in [7, 11) is 0. The molecule has 100 valence electrons. The van der Waals surface area contributed by atoms with Gasteiger partial charge >= 0.3 is 0 Å². The molecule has 7 heteroatoms. The molecule has 3 rings (SSSR count). The van der Waals surface area contributed by atoms with Gasteiger partial charge in [-0.05, 0) is 24.6 Å². The normalized spacial score (nSPS) is 10.7. The summed E-state index contributed by atoms with van der Waals surface area (Å²) in [6.07, 6.45) is 2.67. The molecule has 6 nitrogen and oxygen atoms in total. The van der Waals surface area contributed by atoms with Crippen LogP contribution >= 0.6 is 11.3 Å². The molecular formula is C13H10N4O2S. The lowest BCUT2D eigenvalue weighted by Crippen LogP contribution is -2.10. The lowest BCUT2D eigenvalue weighted by Gasteiger charge is -2.03. The number of hydrogen-bond acceptors (Lipinski definition) is 5. The third-order valence-corrected chi connectivity index (χ3v) is 3.61. The Hall–Kier alpha value is -2.54. The van der Waals surface area contributed by atoms with E-state index >= 15 is 0 Å². The van der Waals surface area contributed by atoms with Crippen LogP contribution in [-0.2, 0) is 0 Å². The molecule has 0 radical (unpaired) electrons. The molecular weight excluding hydrogens is 276 g/mol. The topological polar surface area (TPSA) is 76.4 Å². The second-order valence-corrected chi connectivity index (χ2v) is 5.25. The quantitative estimate of drug-likeness (QED) is 0.778. The van der Waals surface area contributed by atoms with Gasteiger partial charge in [0.05, 0.1) is 6.20 Å². The average molecular weight is 286 g/mol. The number of fused-ring (bicyclic) bond motifs is 1.